The van der Waals surface area contributed by atoms with Gasteiger partial charge in [-0.25, -0.2) is 0 Å². The molecule has 0 heterocycles. The minimum absolute atomic E-state index is 0.0674. The number of para-hydroxylation sites is 1. The van der Waals surface area contributed by atoms with Crippen LogP contribution in [0.3, 0.4) is 0 Å². The standard InChI is InChI=1S/C17H23NO3/c1-3-18(15-10-5-4-7-12(15)2)16(19)13-8-6-9-14(11-13)17(20)21/h4-5,7,10,13-14H,3,6,8-9,11H2,1-2H3,(H,20,21). The van der Waals surface area contributed by atoms with Crippen LogP contribution in [0, 0.1) is 18.8 Å². The molecule has 114 valence electrons. The number of aliphatic carboxylic acids is 1. The van der Waals surface area contributed by atoms with Gasteiger partial charge in [0, 0.05) is 18.2 Å². The van der Waals surface area contributed by atoms with Crippen LogP contribution >= 0.6 is 0 Å². The lowest BCUT2D eigenvalue weighted by molar-refractivity contribution is -0.143. The van der Waals surface area contributed by atoms with Crippen molar-refractivity contribution in [2.75, 3.05) is 11.4 Å². The van der Waals surface area contributed by atoms with Gasteiger partial charge < -0.3 is 10.0 Å². The van der Waals surface area contributed by atoms with E-state index in [1.54, 1.807) is 4.90 Å². The third-order valence-electron chi connectivity index (χ3n) is 4.36. The van der Waals surface area contributed by atoms with Gasteiger partial charge in [0.2, 0.25) is 5.91 Å². The van der Waals surface area contributed by atoms with Gasteiger partial charge in [-0.15, -0.1) is 0 Å². The van der Waals surface area contributed by atoms with Crippen LogP contribution in [-0.4, -0.2) is 23.5 Å². The zero-order chi connectivity index (χ0) is 15.4. The van der Waals surface area contributed by atoms with Crippen LogP contribution in [0.1, 0.15) is 38.2 Å². The van der Waals surface area contributed by atoms with Crippen LogP contribution in [0.5, 0.6) is 0 Å². The molecule has 0 bridgehead atoms. The molecule has 0 aliphatic heterocycles. The number of hydrogen-bond acceptors (Lipinski definition) is 2. The number of hydrogen-bond donors (Lipinski definition) is 1. The highest BCUT2D eigenvalue weighted by Crippen LogP contribution is 2.32. The second-order valence-electron chi connectivity index (χ2n) is 5.77. The molecule has 1 aromatic rings. The molecule has 2 unspecified atom stereocenters. The second kappa shape index (κ2) is 6.74. The zero-order valence-corrected chi connectivity index (χ0v) is 12.7. The highest BCUT2D eigenvalue weighted by molar-refractivity contribution is 5.96. The number of carboxylic acids is 1. The minimum Gasteiger partial charge on any atom is -0.481 e. The average Bonchev–Trinajstić information content (AvgIpc) is 2.50. The van der Waals surface area contributed by atoms with Crippen molar-refractivity contribution in [3.63, 3.8) is 0 Å². The predicted molar refractivity (Wildman–Crippen MR) is 82.3 cm³/mol. The Morgan fingerprint density at radius 1 is 1.24 bits per heavy atom. The fraction of sp³-hybridized carbons (Fsp3) is 0.529. The van der Waals surface area contributed by atoms with Gasteiger partial charge in [0.05, 0.1) is 5.92 Å². The Bertz CT molecular complexity index is 527. The maximum Gasteiger partial charge on any atom is 0.306 e. The second-order valence-corrected chi connectivity index (χ2v) is 5.77. The minimum atomic E-state index is -0.772. The molecule has 2 atom stereocenters. The van der Waals surface area contributed by atoms with E-state index in [2.05, 4.69) is 0 Å². The lowest BCUT2D eigenvalue weighted by atomic mass is 9.80. The monoisotopic (exact) mass is 289 g/mol. The summed E-state index contributed by atoms with van der Waals surface area (Å²) in [5, 5.41) is 9.17. The molecule has 0 aromatic heterocycles. The molecule has 1 amide bonds. The molecule has 1 fully saturated rings. The SMILES string of the molecule is CCN(C(=O)C1CCCC(C(=O)O)C1)c1ccccc1C. The lowest BCUT2D eigenvalue weighted by Gasteiger charge is -2.31. The highest BCUT2D eigenvalue weighted by Gasteiger charge is 2.33. The van der Waals surface area contributed by atoms with Crippen molar-refractivity contribution in [3.05, 3.63) is 29.8 Å². The van der Waals surface area contributed by atoms with Gasteiger partial charge in [-0.3, -0.25) is 9.59 Å². The maximum atomic E-state index is 12.8. The van der Waals surface area contributed by atoms with Crippen LogP contribution in [-0.2, 0) is 9.59 Å². The topological polar surface area (TPSA) is 57.6 Å². The molecule has 4 heteroatoms. The van der Waals surface area contributed by atoms with Crippen LogP contribution in [0.25, 0.3) is 0 Å². The number of carbonyl (C=O) groups is 2. The zero-order valence-electron chi connectivity index (χ0n) is 12.7. The van der Waals surface area contributed by atoms with E-state index in [4.69, 9.17) is 5.11 Å². The number of anilines is 1. The summed E-state index contributed by atoms with van der Waals surface area (Å²) in [5.41, 5.74) is 2.00. The van der Waals surface area contributed by atoms with Gasteiger partial charge >= 0.3 is 5.97 Å². The Kier molecular flexibility index (Phi) is 4.99. The van der Waals surface area contributed by atoms with Gasteiger partial charge in [0.1, 0.15) is 0 Å². The predicted octanol–water partition coefficient (Wildman–Crippen LogP) is 3.24. The summed E-state index contributed by atoms with van der Waals surface area (Å²) in [5.74, 6) is -1.24. The Morgan fingerprint density at radius 2 is 1.90 bits per heavy atom. The van der Waals surface area contributed by atoms with E-state index < -0.39 is 5.97 Å². The van der Waals surface area contributed by atoms with E-state index >= 15 is 0 Å². The van der Waals surface area contributed by atoms with Crippen molar-refractivity contribution in [3.8, 4) is 0 Å². The summed E-state index contributed by atoms with van der Waals surface area (Å²) < 4.78 is 0. The van der Waals surface area contributed by atoms with Crippen molar-refractivity contribution in [1.82, 2.24) is 0 Å². The number of nitrogens with zero attached hydrogens (tertiary/aromatic N) is 1. The molecular weight excluding hydrogens is 266 g/mol. The maximum absolute atomic E-state index is 12.8. The molecule has 0 saturated heterocycles. The number of carbonyl (C=O) groups excluding carboxylic acids is 1. The Labute approximate surface area is 125 Å². The van der Waals surface area contributed by atoms with E-state index in [1.807, 2.05) is 38.1 Å². The van der Waals surface area contributed by atoms with Gasteiger partial charge in [-0.2, -0.15) is 0 Å². The number of rotatable bonds is 4. The van der Waals surface area contributed by atoms with Crippen molar-refractivity contribution in [2.45, 2.75) is 39.5 Å². The molecule has 1 saturated carbocycles. The van der Waals surface area contributed by atoms with Crippen LogP contribution in [0.4, 0.5) is 5.69 Å². The average molecular weight is 289 g/mol. The van der Waals surface area contributed by atoms with Crippen molar-refractivity contribution < 1.29 is 14.7 Å². The number of amides is 1. The van der Waals surface area contributed by atoms with Crippen LogP contribution in [0.15, 0.2) is 24.3 Å². The highest BCUT2D eigenvalue weighted by atomic mass is 16.4. The first-order valence-corrected chi connectivity index (χ1v) is 7.64. The first-order chi connectivity index (χ1) is 10.0. The van der Waals surface area contributed by atoms with E-state index in [0.717, 1.165) is 24.1 Å². The van der Waals surface area contributed by atoms with Gasteiger partial charge in [0.15, 0.2) is 0 Å². The molecule has 1 N–H and O–H groups in total. The molecule has 1 aliphatic rings. The summed E-state index contributed by atoms with van der Waals surface area (Å²) >= 11 is 0. The summed E-state index contributed by atoms with van der Waals surface area (Å²) in [6.07, 6.45) is 2.77. The van der Waals surface area contributed by atoms with Gasteiger partial charge in [-0.1, -0.05) is 24.6 Å². The lowest BCUT2D eigenvalue weighted by Crippen LogP contribution is -2.39. The molecule has 0 radical (unpaired) electrons. The molecule has 1 aliphatic carbocycles. The first kappa shape index (κ1) is 15.5. The van der Waals surface area contributed by atoms with Crippen molar-refractivity contribution >= 4 is 17.6 Å². The molecule has 0 spiro atoms. The number of aryl methyl sites for hydroxylation is 1. The summed E-state index contributed by atoms with van der Waals surface area (Å²) in [4.78, 5) is 25.7. The molecule has 1 aromatic carbocycles. The fourth-order valence-electron chi connectivity index (χ4n) is 3.17. The van der Waals surface area contributed by atoms with E-state index in [1.165, 1.54) is 0 Å². The quantitative estimate of drug-likeness (QED) is 0.925. The number of benzene rings is 1. The Hall–Kier alpha value is -1.84. The first-order valence-electron chi connectivity index (χ1n) is 7.64. The van der Waals surface area contributed by atoms with Crippen molar-refractivity contribution in [1.29, 1.82) is 0 Å². The van der Waals surface area contributed by atoms with Crippen molar-refractivity contribution in [2.24, 2.45) is 11.8 Å². The molecule has 2 rings (SSSR count). The van der Waals surface area contributed by atoms with Crippen LogP contribution in [0.2, 0.25) is 0 Å². The largest absolute Gasteiger partial charge is 0.481 e. The van der Waals surface area contributed by atoms with Gasteiger partial charge in [-0.05, 0) is 44.7 Å². The third-order valence-corrected chi connectivity index (χ3v) is 4.36. The van der Waals surface area contributed by atoms with E-state index in [0.29, 0.717) is 19.4 Å². The summed E-state index contributed by atoms with van der Waals surface area (Å²) in [6, 6.07) is 7.83. The van der Waals surface area contributed by atoms with E-state index in [-0.39, 0.29) is 17.7 Å². The molecule has 4 nitrogen and oxygen atoms in total. The molecule has 21 heavy (non-hydrogen) atoms. The van der Waals surface area contributed by atoms with E-state index in [9.17, 15) is 9.59 Å². The third kappa shape index (κ3) is 3.43. The summed E-state index contributed by atoms with van der Waals surface area (Å²) in [6.45, 7) is 4.56. The van der Waals surface area contributed by atoms with Gasteiger partial charge in [0.25, 0.3) is 0 Å². The normalized spacial score (nSPS) is 21.8. The molecular formula is C17H23NO3. The smallest absolute Gasteiger partial charge is 0.306 e. The summed E-state index contributed by atoms with van der Waals surface area (Å²) in [7, 11) is 0. The number of carboxylic acid groups (broad SMARTS) is 1. The fourth-order valence-corrected chi connectivity index (χ4v) is 3.17. The Balaban J connectivity index is 2.17. The Morgan fingerprint density at radius 3 is 2.52 bits per heavy atom. The van der Waals surface area contributed by atoms with Crippen LogP contribution < -0.4 is 4.90 Å².